The van der Waals surface area contributed by atoms with Crippen LogP contribution >= 0.6 is 11.6 Å². The Bertz CT molecular complexity index is 555. The predicted octanol–water partition coefficient (Wildman–Crippen LogP) is 4.47. The molecule has 0 bridgehead atoms. The molecule has 0 radical (unpaired) electrons. The van der Waals surface area contributed by atoms with Gasteiger partial charge in [0.05, 0.1) is 5.02 Å². The van der Waals surface area contributed by atoms with Crippen molar-refractivity contribution in [1.82, 2.24) is 5.32 Å². The van der Waals surface area contributed by atoms with Crippen LogP contribution in [0.25, 0.3) is 0 Å². The molecule has 0 unspecified atom stereocenters. The van der Waals surface area contributed by atoms with Crippen molar-refractivity contribution in [3.05, 3.63) is 70.2 Å². The highest BCUT2D eigenvalue weighted by atomic mass is 35.5. The lowest BCUT2D eigenvalue weighted by atomic mass is 10.1. The molecule has 0 heterocycles. The number of halogens is 3. The minimum Gasteiger partial charge on any atom is -0.306 e. The van der Waals surface area contributed by atoms with E-state index in [1.54, 1.807) is 24.3 Å². The maximum Gasteiger partial charge on any atom is 0.142 e. The van der Waals surface area contributed by atoms with E-state index < -0.39 is 5.82 Å². The SMILES string of the molecule is C[C@@H](NCc1cccc(F)c1Cl)c1ccc(F)cc1. The number of hydrogen-bond donors (Lipinski definition) is 1. The second-order valence-electron chi connectivity index (χ2n) is 4.37. The van der Waals surface area contributed by atoms with Gasteiger partial charge in [0.1, 0.15) is 11.6 Å². The summed E-state index contributed by atoms with van der Waals surface area (Å²) in [5.41, 5.74) is 1.67. The minimum absolute atomic E-state index is 0.0277. The number of rotatable bonds is 4. The van der Waals surface area contributed by atoms with Gasteiger partial charge in [-0.15, -0.1) is 0 Å². The van der Waals surface area contributed by atoms with Crippen molar-refractivity contribution >= 4 is 11.6 Å². The third-order valence-corrected chi connectivity index (χ3v) is 3.42. The van der Waals surface area contributed by atoms with Crippen molar-refractivity contribution in [2.75, 3.05) is 0 Å². The third kappa shape index (κ3) is 3.52. The van der Waals surface area contributed by atoms with Gasteiger partial charge in [0.25, 0.3) is 0 Å². The van der Waals surface area contributed by atoms with Gasteiger partial charge in [-0.1, -0.05) is 35.9 Å². The average Bonchev–Trinajstić information content (AvgIpc) is 2.41. The van der Waals surface area contributed by atoms with Crippen molar-refractivity contribution in [3.8, 4) is 0 Å². The molecule has 2 aromatic rings. The molecule has 0 aliphatic carbocycles. The van der Waals surface area contributed by atoms with Gasteiger partial charge < -0.3 is 5.32 Å². The first-order valence-corrected chi connectivity index (χ1v) is 6.37. The Hall–Kier alpha value is -1.45. The van der Waals surface area contributed by atoms with Crippen LogP contribution in [0.15, 0.2) is 42.5 Å². The van der Waals surface area contributed by atoms with Crippen molar-refractivity contribution in [2.24, 2.45) is 0 Å². The van der Waals surface area contributed by atoms with Gasteiger partial charge in [-0.3, -0.25) is 0 Å². The summed E-state index contributed by atoms with van der Waals surface area (Å²) < 4.78 is 26.1. The summed E-state index contributed by atoms with van der Waals surface area (Å²) in [5, 5.41) is 3.37. The third-order valence-electron chi connectivity index (χ3n) is 3.00. The van der Waals surface area contributed by atoms with Gasteiger partial charge in [0.15, 0.2) is 0 Å². The molecule has 1 nitrogen and oxygen atoms in total. The van der Waals surface area contributed by atoms with Crippen LogP contribution in [-0.4, -0.2) is 0 Å². The molecule has 0 fully saturated rings. The molecule has 0 saturated heterocycles. The minimum atomic E-state index is -0.421. The largest absolute Gasteiger partial charge is 0.306 e. The van der Waals surface area contributed by atoms with Crippen LogP contribution in [0.1, 0.15) is 24.1 Å². The van der Waals surface area contributed by atoms with Crippen molar-refractivity contribution < 1.29 is 8.78 Å². The summed E-state index contributed by atoms with van der Waals surface area (Å²) in [4.78, 5) is 0. The lowest BCUT2D eigenvalue weighted by Crippen LogP contribution is -2.18. The average molecular weight is 282 g/mol. The first-order chi connectivity index (χ1) is 9.08. The fourth-order valence-corrected chi connectivity index (χ4v) is 2.01. The van der Waals surface area contributed by atoms with Crippen LogP contribution in [0, 0.1) is 11.6 Å². The van der Waals surface area contributed by atoms with Crippen molar-refractivity contribution in [2.45, 2.75) is 19.5 Å². The molecule has 0 aliphatic heterocycles. The van der Waals surface area contributed by atoms with E-state index in [4.69, 9.17) is 11.6 Å². The van der Waals surface area contributed by atoms with Gasteiger partial charge in [-0.2, -0.15) is 0 Å². The second-order valence-corrected chi connectivity index (χ2v) is 4.75. The van der Waals surface area contributed by atoms with Crippen LogP contribution in [0.5, 0.6) is 0 Å². The second kappa shape index (κ2) is 6.13. The zero-order valence-corrected chi connectivity index (χ0v) is 11.2. The molecule has 19 heavy (non-hydrogen) atoms. The highest BCUT2D eigenvalue weighted by Gasteiger charge is 2.08. The van der Waals surface area contributed by atoms with Gasteiger partial charge in [0, 0.05) is 12.6 Å². The van der Waals surface area contributed by atoms with Crippen LogP contribution in [-0.2, 0) is 6.54 Å². The topological polar surface area (TPSA) is 12.0 Å². The van der Waals surface area contributed by atoms with E-state index in [-0.39, 0.29) is 16.9 Å². The highest BCUT2D eigenvalue weighted by molar-refractivity contribution is 6.31. The maximum absolute atomic E-state index is 13.3. The normalized spacial score (nSPS) is 12.4. The van der Waals surface area contributed by atoms with Gasteiger partial charge >= 0.3 is 0 Å². The molecule has 0 spiro atoms. The zero-order valence-electron chi connectivity index (χ0n) is 10.5. The standard InChI is InChI=1S/C15H14ClF2N/c1-10(11-5-7-13(17)8-6-11)19-9-12-3-2-4-14(18)15(12)16/h2-8,10,19H,9H2,1H3/t10-/m1/s1. The molecule has 0 saturated carbocycles. The molecule has 1 N–H and O–H groups in total. The molecular formula is C15H14ClF2N. The Morgan fingerprint density at radius 1 is 1.11 bits per heavy atom. The van der Waals surface area contributed by atoms with Crippen LogP contribution in [0.2, 0.25) is 5.02 Å². The van der Waals surface area contributed by atoms with E-state index in [1.807, 2.05) is 6.92 Å². The van der Waals surface area contributed by atoms with Crippen LogP contribution < -0.4 is 5.32 Å². The number of benzene rings is 2. The Labute approximate surface area is 116 Å². The van der Waals surface area contributed by atoms with Gasteiger partial charge in [-0.05, 0) is 36.2 Å². The summed E-state index contributed by atoms with van der Waals surface area (Å²) in [6.07, 6.45) is 0. The molecular weight excluding hydrogens is 268 g/mol. The first kappa shape index (κ1) is 14.0. The van der Waals surface area contributed by atoms with E-state index in [2.05, 4.69) is 5.32 Å². The smallest absolute Gasteiger partial charge is 0.142 e. The lowest BCUT2D eigenvalue weighted by Gasteiger charge is -2.15. The first-order valence-electron chi connectivity index (χ1n) is 5.99. The van der Waals surface area contributed by atoms with Gasteiger partial charge in [-0.25, -0.2) is 8.78 Å². The summed E-state index contributed by atoms with van der Waals surface area (Å²) in [6, 6.07) is 11.0. The van der Waals surface area contributed by atoms with E-state index in [1.165, 1.54) is 18.2 Å². The Kier molecular flexibility index (Phi) is 4.51. The Balaban J connectivity index is 2.02. The molecule has 100 valence electrons. The van der Waals surface area contributed by atoms with E-state index in [9.17, 15) is 8.78 Å². The van der Waals surface area contributed by atoms with E-state index >= 15 is 0 Å². The fourth-order valence-electron chi connectivity index (χ4n) is 1.82. The Morgan fingerprint density at radius 2 is 1.79 bits per heavy atom. The predicted molar refractivity (Wildman–Crippen MR) is 73.1 cm³/mol. The zero-order chi connectivity index (χ0) is 13.8. The molecule has 0 aromatic heterocycles. The summed E-state index contributed by atoms with van der Waals surface area (Å²) in [5.74, 6) is -0.681. The van der Waals surface area contributed by atoms with Crippen molar-refractivity contribution in [1.29, 1.82) is 0 Å². The summed E-state index contributed by atoms with van der Waals surface area (Å²) in [6.45, 7) is 2.41. The lowest BCUT2D eigenvalue weighted by molar-refractivity contribution is 0.566. The monoisotopic (exact) mass is 281 g/mol. The van der Waals surface area contributed by atoms with Crippen LogP contribution in [0.3, 0.4) is 0 Å². The van der Waals surface area contributed by atoms with Crippen molar-refractivity contribution in [3.63, 3.8) is 0 Å². The van der Waals surface area contributed by atoms with E-state index in [0.717, 1.165) is 5.56 Å². The number of nitrogens with one attached hydrogen (secondary N) is 1. The maximum atomic E-state index is 13.3. The molecule has 4 heteroatoms. The summed E-state index contributed by atoms with van der Waals surface area (Å²) >= 11 is 5.88. The molecule has 2 aromatic carbocycles. The molecule has 0 amide bonds. The highest BCUT2D eigenvalue weighted by Crippen LogP contribution is 2.21. The molecule has 0 aliphatic rings. The summed E-state index contributed by atoms with van der Waals surface area (Å²) in [7, 11) is 0. The molecule has 2 rings (SSSR count). The fraction of sp³-hybridized carbons (Fsp3) is 0.200. The molecule has 1 atom stereocenters. The quantitative estimate of drug-likeness (QED) is 0.872. The van der Waals surface area contributed by atoms with Gasteiger partial charge in [0.2, 0.25) is 0 Å². The Morgan fingerprint density at radius 3 is 2.47 bits per heavy atom. The van der Waals surface area contributed by atoms with Crippen LogP contribution in [0.4, 0.5) is 8.78 Å². The number of hydrogen-bond acceptors (Lipinski definition) is 1. The van der Waals surface area contributed by atoms with E-state index in [0.29, 0.717) is 12.1 Å².